The van der Waals surface area contributed by atoms with E-state index in [4.69, 9.17) is 16.6 Å². The minimum atomic E-state index is 0.724. The number of aromatic amines is 1. The van der Waals surface area contributed by atoms with E-state index in [1.165, 1.54) is 22.0 Å². The predicted octanol–water partition coefficient (Wildman–Crippen LogP) is 4.84. The van der Waals surface area contributed by atoms with Crippen LogP contribution in [-0.4, -0.2) is 26.4 Å². The van der Waals surface area contributed by atoms with Crippen molar-refractivity contribution in [2.75, 3.05) is 6.54 Å². The lowest BCUT2D eigenvalue weighted by molar-refractivity contribution is 0.242. The van der Waals surface area contributed by atoms with Crippen LogP contribution in [0.5, 0.6) is 0 Å². The summed E-state index contributed by atoms with van der Waals surface area (Å²) in [6.45, 7) is 2.79. The molecule has 0 bridgehead atoms. The van der Waals surface area contributed by atoms with Crippen LogP contribution >= 0.6 is 11.6 Å². The van der Waals surface area contributed by atoms with Crippen molar-refractivity contribution >= 4 is 22.5 Å². The van der Waals surface area contributed by atoms with Gasteiger partial charge in [-0.25, -0.2) is 9.97 Å². The van der Waals surface area contributed by atoms with Crippen LogP contribution < -0.4 is 0 Å². The molecule has 134 valence electrons. The first kappa shape index (κ1) is 16.5. The van der Waals surface area contributed by atoms with Crippen molar-refractivity contribution in [1.29, 1.82) is 0 Å². The minimum Gasteiger partial charge on any atom is -0.361 e. The molecule has 5 heteroatoms. The van der Waals surface area contributed by atoms with Gasteiger partial charge in [-0.3, -0.25) is 4.90 Å². The van der Waals surface area contributed by atoms with Crippen molar-refractivity contribution in [2.24, 2.45) is 0 Å². The van der Waals surface area contributed by atoms with Gasteiger partial charge >= 0.3 is 0 Å². The molecule has 0 radical (unpaired) electrons. The third-order valence-electron chi connectivity index (χ3n) is 5.20. The van der Waals surface area contributed by atoms with E-state index in [2.05, 4.69) is 45.3 Å². The van der Waals surface area contributed by atoms with Gasteiger partial charge in [-0.05, 0) is 47.9 Å². The third-order valence-corrected chi connectivity index (χ3v) is 5.45. The van der Waals surface area contributed by atoms with Crippen molar-refractivity contribution in [3.63, 3.8) is 0 Å². The van der Waals surface area contributed by atoms with Gasteiger partial charge in [-0.2, -0.15) is 0 Å². The molecule has 4 nitrogen and oxygen atoms in total. The number of fused-ring (bicyclic) bond motifs is 2. The minimum absolute atomic E-state index is 0.724. The van der Waals surface area contributed by atoms with Gasteiger partial charge in [0, 0.05) is 53.5 Å². The molecule has 1 aliphatic heterocycles. The molecule has 0 amide bonds. The van der Waals surface area contributed by atoms with Crippen LogP contribution in [0.25, 0.3) is 22.3 Å². The molecule has 5 rings (SSSR count). The summed E-state index contributed by atoms with van der Waals surface area (Å²) in [5, 5.41) is 2.02. The van der Waals surface area contributed by atoms with E-state index in [0.29, 0.717) is 0 Å². The number of hydrogen-bond donors (Lipinski definition) is 1. The molecule has 2 aromatic heterocycles. The average Bonchev–Trinajstić information content (AvgIpc) is 3.11. The highest BCUT2D eigenvalue weighted by Crippen LogP contribution is 2.25. The number of para-hydroxylation sites is 1. The number of benzene rings is 2. The maximum atomic E-state index is 5.99. The molecular weight excluding hydrogens is 356 g/mol. The number of rotatable bonds is 3. The van der Waals surface area contributed by atoms with E-state index >= 15 is 0 Å². The molecule has 1 aliphatic rings. The number of aromatic nitrogens is 3. The molecule has 0 fully saturated rings. The molecule has 27 heavy (non-hydrogen) atoms. The Hall–Kier alpha value is -2.69. The maximum absolute atomic E-state index is 5.99. The lowest BCUT2D eigenvalue weighted by atomic mass is 10.1. The van der Waals surface area contributed by atoms with Crippen molar-refractivity contribution in [3.8, 4) is 11.4 Å². The van der Waals surface area contributed by atoms with Crippen molar-refractivity contribution < 1.29 is 0 Å². The Morgan fingerprint density at radius 2 is 1.93 bits per heavy atom. The zero-order valence-electron chi connectivity index (χ0n) is 14.8. The standard InChI is InChI=1S/C22H19ClN4/c23-18-7-5-15(6-8-18)22-25-11-16-9-10-27(14-21(16)26-22)13-17-12-24-20-4-2-1-3-19(17)20/h1-8,11-12,24H,9-10,13-14H2. The van der Waals surface area contributed by atoms with E-state index in [1.54, 1.807) is 0 Å². The first-order valence-electron chi connectivity index (χ1n) is 9.14. The fourth-order valence-electron chi connectivity index (χ4n) is 3.73. The summed E-state index contributed by atoms with van der Waals surface area (Å²) in [4.78, 5) is 15.2. The number of nitrogens with one attached hydrogen (secondary N) is 1. The number of H-pyrrole nitrogens is 1. The first-order valence-corrected chi connectivity index (χ1v) is 9.52. The van der Waals surface area contributed by atoms with Gasteiger partial charge in [0.1, 0.15) is 0 Å². The molecule has 0 atom stereocenters. The summed E-state index contributed by atoms with van der Waals surface area (Å²) in [5.41, 5.74) is 5.90. The summed E-state index contributed by atoms with van der Waals surface area (Å²) in [7, 11) is 0. The summed E-state index contributed by atoms with van der Waals surface area (Å²) >= 11 is 5.99. The Labute approximate surface area is 162 Å². The zero-order valence-corrected chi connectivity index (χ0v) is 15.6. The third kappa shape index (κ3) is 3.22. The molecule has 0 saturated carbocycles. The molecular formula is C22H19ClN4. The molecule has 1 N–H and O–H groups in total. The summed E-state index contributed by atoms with van der Waals surface area (Å²) < 4.78 is 0. The maximum Gasteiger partial charge on any atom is 0.159 e. The Balaban J connectivity index is 1.40. The van der Waals surface area contributed by atoms with Crippen molar-refractivity contribution in [1.82, 2.24) is 19.9 Å². The van der Waals surface area contributed by atoms with Gasteiger partial charge in [0.2, 0.25) is 0 Å². The van der Waals surface area contributed by atoms with Crippen molar-refractivity contribution in [3.05, 3.63) is 82.8 Å². The van der Waals surface area contributed by atoms with Crippen LogP contribution in [0.2, 0.25) is 5.02 Å². The first-order chi connectivity index (χ1) is 13.3. The molecule has 0 unspecified atom stereocenters. The molecule has 4 aromatic rings. The molecule has 2 aromatic carbocycles. The second-order valence-corrected chi connectivity index (χ2v) is 7.43. The molecule has 0 aliphatic carbocycles. The highest BCUT2D eigenvalue weighted by atomic mass is 35.5. The smallest absolute Gasteiger partial charge is 0.159 e. The Morgan fingerprint density at radius 1 is 1.07 bits per heavy atom. The normalized spacial score (nSPS) is 14.4. The number of halogens is 1. The monoisotopic (exact) mass is 374 g/mol. The summed E-state index contributed by atoms with van der Waals surface area (Å²) in [6.07, 6.45) is 5.09. The second kappa shape index (κ2) is 6.80. The van der Waals surface area contributed by atoms with Gasteiger partial charge in [0.15, 0.2) is 5.82 Å². The molecule has 0 spiro atoms. The number of nitrogens with zero attached hydrogens (tertiary/aromatic N) is 3. The fraction of sp³-hybridized carbons (Fsp3) is 0.182. The predicted molar refractivity (Wildman–Crippen MR) is 109 cm³/mol. The topological polar surface area (TPSA) is 44.8 Å². The Morgan fingerprint density at radius 3 is 2.81 bits per heavy atom. The zero-order chi connectivity index (χ0) is 18.2. The Bertz CT molecular complexity index is 1100. The van der Waals surface area contributed by atoms with Crippen molar-refractivity contribution in [2.45, 2.75) is 19.5 Å². The largest absolute Gasteiger partial charge is 0.361 e. The molecule has 0 saturated heterocycles. The van der Waals surface area contributed by atoms with Crippen LogP contribution in [0.1, 0.15) is 16.8 Å². The van der Waals surface area contributed by atoms with Crippen LogP contribution in [0, 0.1) is 0 Å². The summed E-state index contributed by atoms with van der Waals surface area (Å²) in [5.74, 6) is 0.763. The van der Waals surface area contributed by atoms with Gasteiger partial charge in [-0.1, -0.05) is 29.8 Å². The summed E-state index contributed by atoms with van der Waals surface area (Å²) in [6, 6.07) is 16.2. The van der Waals surface area contributed by atoms with Gasteiger partial charge in [-0.15, -0.1) is 0 Å². The highest BCUT2D eigenvalue weighted by molar-refractivity contribution is 6.30. The van der Waals surface area contributed by atoms with Crippen LogP contribution in [0.15, 0.2) is 60.9 Å². The van der Waals surface area contributed by atoms with E-state index in [0.717, 1.165) is 48.2 Å². The van der Waals surface area contributed by atoms with E-state index < -0.39 is 0 Å². The van der Waals surface area contributed by atoms with Crippen LogP contribution in [0.3, 0.4) is 0 Å². The van der Waals surface area contributed by atoms with Crippen LogP contribution in [-0.2, 0) is 19.5 Å². The van der Waals surface area contributed by atoms with Gasteiger partial charge in [0.25, 0.3) is 0 Å². The number of hydrogen-bond acceptors (Lipinski definition) is 3. The fourth-order valence-corrected chi connectivity index (χ4v) is 3.86. The lowest BCUT2D eigenvalue weighted by Gasteiger charge is -2.27. The van der Waals surface area contributed by atoms with E-state index in [1.807, 2.05) is 30.5 Å². The average molecular weight is 375 g/mol. The van der Waals surface area contributed by atoms with Gasteiger partial charge < -0.3 is 4.98 Å². The molecule has 3 heterocycles. The van der Waals surface area contributed by atoms with E-state index in [9.17, 15) is 0 Å². The second-order valence-electron chi connectivity index (χ2n) is 6.99. The van der Waals surface area contributed by atoms with Crippen LogP contribution in [0.4, 0.5) is 0 Å². The van der Waals surface area contributed by atoms with E-state index in [-0.39, 0.29) is 0 Å². The highest BCUT2D eigenvalue weighted by Gasteiger charge is 2.20. The SMILES string of the molecule is Clc1ccc(-c2ncc3c(n2)CN(Cc2c[nH]c4ccccc24)CC3)cc1. The quantitative estimate of drug-likeness (QED) is 0.558. The lowest BCUT2D eigenvalue weighted by Crippen LogP contribution is -2.31. The Kier molecular flexibility index (Phi) is 4.15. The van der Waals surface area contributed by atoms with Gasteiger partial charge in [0.05, 0.1) is 5.69 Å².